The molecule has 0 radical (unpaired) electrons. The second-order valence-electron chi connectivity index (χ2n) is 8.16. The molecule has 1 fully saturated rings. The summed E-state index contributed by atoms with van der Waals surface area (Å²) >= 11 is 0. The van der Waals surface area contributed by atoms with Gasteiger partial charge in [-0.2, -0.15) is 4.68 Å². The van der Waals surface area contributed by atoms with Crippen molar-refractivity contribution in [2.24, 2.45) is 0 Å². The van der Waals surface area contributed by atoms with Crippen molar-refractivity contribution < 1.29 is 18.7 Å². The van der Waals surface area contributed by atoms with Crippen molar-refractivity contribution in [2.75, 3.05) is 44.3 Å². The molecule has 10 nitrogen and oxygen atoms in total. The van der Waals surface area contributed by atoms with Crippen LogP contribution in [-0.2, 0) is 0 Å². The van der Waals surface area contributed by atoms with Gasteiger partial charge in [0, 0.05) is 31.7 Å². The number of amides is 1. The van der Waals surface area contributed by atoms with E-state index in [9.17, 15) is 9.18 Å². The molecular weight excluding hydrogens is 465 g/mol. The molecule has 0 spiro atoms. The van der Waals surface area contributed by atoms with Crippen molar-refractivity contribution in [3.05, 3.63) is 60.2 Å². The summed E-state index contributed by atoms with van der Waals surface area (Å²) in [6.45, 7) is 6.96. The standard InChI is InChI=1S/C25H26FN7O3/c1-3-35-20-9-8-17(14-21(20)36-4-2)25(34)32-12-10-31(11-13-32)23-22-24(28-16-27-23)33(30-29-22)19-7-5-6-18(26)15-19/h5-9,14-16H,3-4,10-13H2,1-2H3. The van der Waals surface area contributed by atoms with E-state index in [0.29, 0.717) is 79.1 Å². The van der Waals surface area contributed by atoms with E-state index in [-0.39, 0.29) is 11.7 Å². The Balaban J connectivity index is 1.32. The summed E-state index contributed by atoms with van der Waals surface area (Å²) in [7, 11) is 0. The van der Waals surface area contributed by atoms with Crippen LogP contribution in [0.4, 0.5) is 10.2 Å². The van der Waals surface area contributed by atoms with Crippen LogP contribution in [0.15, 0.2) is 48.8 Å². The number of piperazine rings is 1. The van der Waals surface area contributed by atoms with Gasteiger partial charge < -0.3 is 19.3 Å². The molecule has 0 aliphatic carbocycles. The van der Waals surface area contributed by atoms with E-state index < -0.39 is 0 Å². The number of halogens is 1. The number of anilines is 1. The monoisotopic (exact) mass is 491 g/mol. The maximum absolute atomic E-state index is 13.7. The Morgan fingerprint density at radius 1 is 0.972 bits per heavy atom. The van der Waals surface area contributed by atoms with Crippen molar-refractivity contribution in [2.45, 2.75) is 13.8 Å². The van der Waals surface area contributed by atoms with Crippen molar-refractivity contribution in [3.63, 3.8) is 0 Å². The molecule has 2 aromatic carbocycles. The highest BCUT2D eigenvalue weighted by molar-refractivity contribution is 5.95. The maximum Gasteiger partial charge on any atom is 0.254 e. The number of nitrogens with zero attached hydrogens (tertiary/aromatic N) is 7. The quantitative estimate of drug-likeness (QED) is 0.389. The lowest BCUT2D eigenvalue weighted by Crippen LogP contribution is -2.49. The van der Waals surface area contributed by atoms with Crippen molar-refractivity contribution >= 4 is 22.9 Å². The minimum absolute atomic E-state index is 0.0662. The Labute approximate surface area is 207 Å². The van der Waals surface area contributed by atoms with Crippen molar-refractivity contribution in [1.82, 2.24) is 29.9 Å². The fourth-order valence-electron chi connectivity index (χ4n) is 4.24. The van der Waals surface area contributed by atoms with E-state index in [4.69, 9.17) is 9.47 Å². The van der Waals surface area contributed by atoms with Crippen LogP contribution in [0.1, 0.15) is 24.2 Å². The second kappa shape index (κ2) is 10.1. The summed E-state index contributed by atoms with van der Waals surface area (Å²) < 4.78 is 26.5. The van der Waals surface area contributed by atoms with E-state index >= 15 is 0 Å². The second-order valence-corrected chi connectivity index (χ2v) is 8.16. The molecule has 1 saturated heterocycles. The molecule has 0 bridgehead atoms. The number of fused-ring (bicyclic) bond motifs is 1. The predicted molar refractivity (Wildman–Crippen MR) is 131 cm³/mol. The van der Waals surface area contributed by atoms with Gasteiger partial charge in [-0.3, -0.25) is 4.79 Å². The Morgan fingerprint density at radius 3 is 2.50 bits per heavy atom. The molecule has 5 rings (SSSR count). The average Bonchev–Trinajstić information content (AvgIpc) is 3.34. The normalized spacial score (nSPS) is 13.8. The van der Waals surface area contributed by atoms with Gasteiger partial charge in [0.15, 0.2) is 28.5 Å². The first kappa shape index (κ1) is 23.5. The fourth-order valence-corrected chi connectivity index (χ4v) is 4.24. The zero-order valence-corrected chi connectivity index (χ0v) is 20.1. The highest BCUT2D eigenvalue weighted by Gasteiger charge is 2.26. The third kappa shape index (κ3) is 4.51. The smallest absolute Gasteiger partial charge is 0.254 e. The maximum atomic E-state index is 13.7. The first-order valence-corrected chi connectivity index (χ1v) is 11.8. The number of hydrogen-bond acceptors (Lipinski definition) is 8. The van der Waals surface area contributed by atoms with Crippen LogP contribution in [0, 0.1) is 5.82 Å². The molecule has 2 aromatic heterocycles. The molecule has 1 aliphatic rings. The van der Waals surface area contributed by atoms with Gasteiger partial charge in [0.25, 0.3) is 5.91 Å². The Hall–Kier alpha value is -4.28. The van der Waals surface area contributed by atoms with Gasteiger partial charge in [-0.25, -0.2) is 14.4 Å². The minimum atomic E-state index is -0.368. The summed E-state index contributed by atoms with van der Waals surface area (Å²) in [6, 6.07) is 11.4. The molecule has 4 aromatic rings. The first-order chi connectivity index (χ1) is 17.6. The van der Waals surface area contributed by atoms with Crippen molar-refractivity contribution in [1.29, 1.82) is 0 Å². The summed E-state index contributed by atoms with van der Waals surface area (Å²) in [5.41, 5.74) is 2.09. The Bertz CT molecular complexity index is 1390. The Morgan fingerprint density at radius 2 is 1.75 bits per heavy atom. The molecule has 0 atom stereocenters. The Kier molecular flexibility index (Phi) is 6.61. The molecule has 0 N–H and O–H groups in total. The lowest BCUT2D eigenvalue weighted by Gasteiger charge is -2.35. The summed E-state index contributed by atoms with van der Waals surface area (Å²) in [5, 5.41) is 8.44. The molecule has 11 heteroatoms. The molecular formula is C25H26FN7O3. The zero-order valence-electron chi connectivity index (χ0n) is 20.1. The number of benzene rings is 2. The number of ether oxygens (including phenoxy) is 2. The summed E-state index contributed by atoms with van der Waals surface area (Å²) in [4.78, 5) is 25.8. The number of aromatic nitrogens is 5. The molecule has 0 unspecified atom stereocenters. The topological polar surface area (TPSA) is 98.5 Å². The number of carbonyl (C=O) groups excluding carboxylic acids is 1. The van der Waals surface area contributed by atoms with Crippen LogP contribution in [-0.4, -0.2) is 75.2 Å². The fraction of sp³-hybridized carbons (Fsp3) is 0.320. The van der Waals surface area contributed by atoms with E-state index in [0.717, 1.165) is 0 Å². The highest BCUT2D eigenvalue weighted by atomic mass is 19.1. The lowest BCUT2D eigenvalue weighted by molar-refractivity contribution is 0.0746. The summed E-state index contributed by atoms with van der Waals surface area (Å²) in [5.74, 6) is 1.39. The number of carbonyl (C=O) groups is 1. The molecule has 3 heterocycles. The van der Waals surface area contributed by atoms with E-state index in [1.54, 1.807) is 30.3 Å². The average molecular weight is 492 g/mol. The van der Waals surface area contributed by atoms with E-state index in [2.05, 4.69) is 25.2 Å². The third-order valence-corrected chi connectivity index (χ3v) is 5.93. The third-order valence-electron chi connectivity index (χ3n) is 5.93. The SMILES string of the molecule is CCOc1ccc(C(=O)N2CCN(c3ncnc4c3nnn4-c3cccc(F)c3)CC2)cc1OCC. The minimum Gasteiger partial charge on any atom is -0.490 e. The lowest BCUT2D eigenvalue weighted by atomic mass is 10.1. The highest BCUT2D eigenvalue weighted by Crippen LogP contribution is 2.30. The van der Waals surface area contributed by atoms with Gasteiger partial charge in [0.2, 0.25) is 0 Å². The van der Waals surface area contributed by atoms with E-state index in [1.165, 1.54) is 23.1 Å². The van der Waals surface area contributed by atoms with Gasteiger partial charge in [-0.15, -0.1) is 5.10 Å². The number of hydrogen-bond donors (Lipinski definition) is 0. The van der Waals surface area contributed by atoms with Gasteiger partial charge in [0.1, 0.15) is 12.1 Å². The van der Waals surface area contributed by atoms with Gasteiger partial charge in [-0.1, -0.05) is 11.3 Å². The largest absolute Gasteiger partial charge is 0.490 e. The molecule has 1 aliphatic heterocycles. The predicted octanol–water partition coefficient (Wildman–Crippen LogP) is 3.11. The van der Waals surface area contributed by atoms with Gasteiger partial charge in [-0.05, 0) is 50.2 Å². The van der Waals surface area contributed by atoms with Crippen LogP contribution in [0.2, 0.25) is 0 Å². The van der Waals surface area contributed by atoms with Gasteiger partial charge >= 0.3 is 0 Å². The molecule has 0 saturated carbocycles. The van der Waals surface area contributed by atoms with Crippen LogP contribution in [0.5, 0.6) is 11.5 Å². The molecule has 186 valence electrons. The van der Waals surface area contributed by atoms with Crippen LogP contribution >= 0.6 is 0 Å². The van der Waals surface area contributed by atoms with Crippen LogP contribution in [0.3, 0.4) is 0 Å². The van der Waals surface area contributed by atoms with E-state index in [1.807, 2.05) is 18.7 Å². The van der Waals surface area contributed by atoms with Crippen LogP contribution in [0.25, 0.3) is 16.9 Å². The van der Waals surface area contributed by atoms with Crippen LogP contribution < -0.4 is 14.4 Å². The zero-order chi connectivity index (χ0) is 25.1. The number of rotatable bonds is 7. The summed E-state index contributed by atoms with van der Waals surface area (Å²) in [6.07, 6.45) is 1.45. The van der Waals surface area contributed by atoms with Crippen molar-refractivity contribution in [3.8, 4) is 17.2 Å². The first-order valence-electron chi connectivity index (χ1n) is 11.8. The van der Waals surface area contributed by atoms with Gasteiger partial charge in [0.05, 0.1) is 18.9 Å². The molecule has 1 amide bonds. The molecule has 36 heavy (non-hydrogen) atoms.